The highest BCUT2D eigenvalue weighted by Crippen LogP contribution is 2.42. The zero-order valence-corrected chi connectivity index (χ0v) is 22.1. The van der Waals surface area contributed by atoms with E-state index >= 15 is 0 Å². The van der Waals surface area contributed by atoms with Gasteiger partial charge in [0.25, 0.3) is 0 Å². The van der Waals surface area contributed by atoms with Crippen molar-refractivity contribution in [1.82, 2.24) is 9.88 Å². The molecule has 0 aliphatic carbocycles. The summed E-state index contributed by atoms with van der Waals surface area (Å²) in [5.74, 6) is 1.69. The van der Waals surface area contributed by atoms with Crippen molar-refractivity contribution in [2.45, 2.75) is 38.4 Å². The lowest BCUT2D eigenvalue weighted by Crippen LogP contribution is -2.38. The minimum atomic E-state index is -0.817. The number of aryl methyl sites for hydroxylation is 2. The summed E-state index contributed by atoms with van der Waals surface area (Å²) in [6, 6.07) is 22.8. The minimum Gasteiger partial charge on any atom is -0.487 e. The fourth-order valence-electron chi connectivity index (χ4n) is 4.34. The fourth-order valence-corrected chi connectivity index (χ4v) is 5.92. The predicted octanol–water partition coefficient (Wildman–Crippen LogP) is 6.89. The molecule has 0 amide bonds. The lowest BCUT2D eigenvalue weighted by atomic mass is 10.1. The predicted molar refractivity (Wildman–Crippen MR) is 146 cm³/mol. The molecule has 0 radical (unpaired) electrons. The quantitative estimate of drug-likeness (QED) is 0.264. The number of aromatic nitrogens is 1. The molecule has 1 aromatic heterocycles. The first-order valence-electron chi connectivity index (χ1n) is 12.0. The molecule has 3 aromatic carbocycles. The van der Waals surface area contributed by atoms with Gasteiger partial charge in [-0.05, 0) is 61.4 Å². The average Bonchev–Trinajstić information content (AvgIpc) is 3.47. The number of oxazole rings is 1. The maximum Gasteiger partial charge on any atom is 0.321 e. The monoisotopic (exact) mass is 534 g/mol. The topological polar surface area (TPSA) is 75.8 Å². The van der Waals surface area contributed by atoms with Crippen LogP contribution in [0.25, 0.3) is 11.5 Å². The van der Waals surface area contributed by atoms with Crippen LogP contribution >= 0.6 is 23.4 Å². The normalized spacial score (nSPS) is 17.7. The second-order valence-corrected chi connectivity index (χ2v) is 10.6. The molecule has 37 heavy (non-hydrogen) atoms. The number of thioether (sulfide) groups is 1. The van der Waals surface area contributed by atoms with E-state index in [2.05, 4.69) is 4.98 Å². The van der Waals surface area contributed by atoms with Crippen LogP contribution < -0.4 is 4.74 Å². The number of carbonyl (C=O) groups is 1. The summed E-state index contributed by atoms with van der Waals surface area (Å²) in [7, 11) is 0. The number of carboxylic acids is 1. The Labute approximate surface area is 225 Å². The molecule has 190 valence electrons. The number of carboxylic acid groups (broad SMARTS) is 1. The molecule has 1 saturated heterocycles. The molecule has 4 aromatic rings. The summed E-state index contributed by atoms with van der Waals surface area (Å²) < 4.78 is 11.9. The van der Waals surface area contributed by atoms with Crippen molar-refractivity contribution < 1.29 is 19.1 Å². The molecule has 0 bridgehead atoms. The highest BCUT2D eigenvalue weighted by atomic mass is 35.5. The highest BCUT2D eigenvalue weighted by molar-refractivity contribution is 7.99. The van der Waals surface area contributed by atoms with Crippen LogP contribution in [0.1, 0.15) is 33.5 Å². The van der Waals surface area contributed by atoms with Gasteiger partial charge in [-0.3, -0.25) is 9.69 Å². The number of nitrogens with zero attached hydrogens (tertiary/aromatic N) is 2. The van der Waals surface area contributed by atoms with Crippen molar-refractivity contribution in [3.05, 3.63) is 106 Å². The molecular weight excluding hydrogens is 508 g/mol. The maximum atomic E-state index is 12.0. The third-order valence-corrected chi connectivity index (χ3v) is 8.00. The molecule has 0 spiro atoms. The Morgan fingerprint density at radius 2 is 1.89 bits per heavy atom. The van der Waals surface area contributed by atoms with Crippen LogP contribution in [0.3, 0.4) is 0 Å². The Morgan fingerprint density at radius 1 is 1.14 bits per heavy atom. The molecule has 1 unspecified atom stereocenters. The Balaban J connectivity index is 1.30. The fraction of sp³-hybridized carbons (Fsp3) is 0.241. The van der Waals surface area contributed by atoms with E-state index in [1.807, 2.05) is 91.5 Å². The summed E-state index contributed by atoms with van der Waals surface area (Å²) in [5.41, 5.74) is 4.86. The standard InChI is InChI=1S/C29H27ClN2O4S/c1-18-6-8-21(9-7-18)27-31-25(19(2)36-27)16-35-24-5-3-4-20(14-24)15-32-26(29(33)34)17-37-28(32)22-10-12-23(30)13-11-22/h3-14,26,28H,15-17H2,1-2H3,(H,33,34)/t26?,28-/m1/s1. The molecule has 0 saturated carbocycles. The number of benzene rings is 3. The zero-order valence-electron chi connectivity index (χ0n) is 20.6. The smallest absolute Gasteiger partial charge is 0.321 e. The molecule has 1 fully saturated rings. The van der Waals surface area contributed by atoms with Crippen LogP contribution in [0.2, 0.25) is 5.02 Å². The van der Waals surface area contributed by atoms with Crippen molar-refractivity contribution >= 4 is 29.3 Å². The lowest BCUT2D eigenvalue weighted by Gasteiger charge is -2.27. The highest BCUT2D eigenvalue weighted by Gasteiger charge is 2.39. The van der Waals surface area contributed by atoms with E-state index < -0.39 is 12.0 Å². The summed E-state index contributed by atoms with van der Waals surface area (Å²) in [6.07, 6.45) is 0. The summed E-state index contributed by atoms with van der Waals surface area (Å²) in [4.78, 5) is 18.6. The van der Waals surface area contributed by atoms with Crippen molar-refractivity contribution in [1.29, 1.82) is 0 Å². The largest absolute Gasteiger partial charge is 0.487 e. The van der Waals surface area contributed by atoms with E-state index in [-0.39, 0.29) is 12.0 Å². The number of aliphatic carboxylic acids is 1. The molecule has 2 atom stereocenters. The minimum absolute atomic E-state index is 0.0686. The van der Waals surface area contributed by atoms with Gasteiger partial charge < -0.3 is 14.3 Å². The first-order valence-corrected chi connectivity index (χ1v) is 13.4. The van der Waals surface area contributed by atoms with Crippen LogP contribution in [-0.2, 0) is 17.9 Å². The maximum absolute atomic E-state index is 12.0. The van der Waals surface area contributed by atoms with E-state index in [1.54, 1.807) is 11.8 Å². The molecule has 6 nitrogen and oxygen atoms in total. The first kappa shape index (κ1) is 25.4. The third kappa shape index (κ3) is 5.85. The van der Waals surface area contributed by atoms with E-state index in [4.69, 9.17) is 20.8 Å². The van der Waals surface area contributed by atoms with Crippen LogP contribution in [0.5, 0.6) is 5.75 Å². The Bertz CT molecular complexity index is 1390. The summed E-state index contributed by atoms with van der Waals surface area (Å²) in [5, 5.41) is 10.4. The van der Waals surface area contributed by atoms with E-state index in [0.29, 0.717) is 29.0 Å². The Hall–Kier alpha value is -3.26. The van der Waals surface area contributed by atoms with E-state index in [9.17, 15) is 9.90 Å². The third-order valence-electron chi connectivity index (χ3n) is 6.38. The molecule has 5 rings (SSSR count). The molecule has 1 aliphatic heterocycles. The number of halogens is 1. The SMILES string of the molecule is Cc1ccc(-c2nc(COc3cccc(CN4C(C(=O)O)CS[C@@H]4c4ccc(Cl)cc4)c3)c(C)o2)cc1. The van der Waals surface area contributed by atoms with Crippen molar-refractivity contribution in [3.8, 4) is 17.2 Å². The number of ether oxygens (including phenoxy) is 1. The molecule has 2 heterocycles. The number of hydrogen-bond acceptors (Lipinski definition) is 6. The number of hydrogen-bond donors (Lipinski definition) is 1. The van der Waals surface area contributed by atoms with Gasteiger partial charge in [0.15, 0.2) is 0 Å². The van der Waals surface area contributed by atoms with Gasteiger partial charge in [0.1, 0.15) is 29.9 Å². The van der Waals surface area contributed by atoms with Crippen molar-refractivity contribution in [2.24, 2.45) is 0 Å². The van der Waals surface area contributed by atoms with Gasteiger partial charge in [-0.1, -0.05) is 53.6 Å². The Morgan fingerprint density at radius 3 is 2.62 bits per heavy atom. The van der Waals surface area contributed by atoms with Crippen LogP contribution in [0.15, 0.2) is 77.2 Å². The van der Waals surface area contributed by atoms with Gasteiger partial charge in [-0.2, -0.15) is 0 Å². The second-order valence-electron chi connectivity index (χ2n) is 9.09. The lowest BCUT2D eigenvalue weighted by molar-refractivity contribution is -0.142. The van der Waals surface area contributed by atoms with Crippen LogP contribution in [0, 0.1) is 13.8 Å². The van der Waals surface area contributed by atoms with Gasteiger partial charge in [0.05, 0.1) is 5.37 Å². The van der Waals surface area contributed by atoms with Crippen LogP contribution in [0.4, 0.5) is 0 Å². The van der Waals surface area contributed by atoms with Gasteiger partial charge in [0.2, 0.25) is 5.89 Å². The zero-order chi connectivity index (χ0) is 25.9. The van der Waals surface area contributed by atoms with Crippen LogP contribution in [-0.4, -0.2) is 32.8 Å². The summed E-state index contributed by atoms with van der Waals surface area (Å²) in [6.45, 7) is 4.68. The van der Waals surface area contributed by atoms with Gasteiger partial charge >= 0.3 is 5.97 Å². The van der Waals surface area contributed by atoms with Crippen molar-refractivity contribution in [2.75, 3.05) is 5.75 Å². The van der Waals surface area contributed by atoms with E-state index in [0.717, 1.165) is 28.1 Å². The van der Waals surface area contributed by atoms with Gasteiger partial charge in [0, 0.05) is 22.9 Å². The van der Waals surface area contributed by atoms with Gasteiger partial charge in [-0.15, -0.1) is 11.8 Å². The first-order chi connectivity index (χ1) is 17.9. The van der Waals surface area contributed by atoms with Gasteiger partial charge in [-0.25, -0.2) is 4.98 Å². The molecule has 1 N–H and O–H groups in total. The number of rotatable bonds is 8. The second kappa shape index (κ2) is 11.0. The Kier molecular flexibility index (Phi) is 7.55. The molecule has 8 heteroatoms. The van der Waals surface area contributed by atoms with E-state index in [1.165, 1.54) is 5.56 Å². The molecule has 1 aliphatic rings. The van der Waals surface area contributed by atoms with Crippen molar-refractivity contribution in [3.63, 3.8) is 0 Å². The molecular formula is C29H27ClN2O4S. The average molecular weight is 535 g/mol. The summed E-state index contributed by atoms with van der Waals surface area (Å²) >= 11 is 7.70.